The number of amides is 1. The maximum Gasteiger partial charge on any atom is 0.326 e. The molecule has 1 atom stereocenters. The summed E-state index contributed by atoms with van der Waals surface area (Å²) < 4.78 is 5.18. The van der Waals surface area contributed by atoms with Crippen LogP contribution in [-0.2, 0) is 20.7 Å². The third-order valence-electron chi connectivity index (χ3n) is 3.30. The Morgan fingerprint density at radius 3 is 2.52 bits per heavy atom. The summed E-state index contributed by atoms with van der Waals surface area (Å²) in [5, 5.41) is 9.34. The lowest BCUT2D eigenvalue weighted by molar-refractivity contribution is -0.149. The molecule has 0 radical (unpaired) electrons. The molecule has 1 aromatic carbocycles. The van der Waals surface area contributed by atoms with E-state index in [4.69, 9.17) is 4.74 Å². The maximum atomic E-state index is 12.0. The van der Waals surface area contributed by atoms with Gasteiger partial charge in [-0.3, -0.25) is 4.79 Å². The molecule has 1 aromatic rings. The largest absolute Gasteiger partial charge is 0.480 e. The predicted octanol–water partition coefficient (Wildman–Crippen LogP) is 1.96. The van der Waals surface area contributed by atoms with Gasteiger partial charge in [0.05, 0.1) is 0 Å². The molecule has 0 aliphatic rings. The molecule has 0 aliphatic heterocycles. The van der Waals surface area contributed by atoms with E-state index >= 15 is 0 Å². The summed E-state index contributed by atoms with van der Waals surface area (Å²) >= 11 is 0. The highest BCUT2D eigenvalue weighted by molar-refractivity contribution is 5.83. The number of carboxylic acids is 1. The molecule has 0 fully saturated rings. The maximum absolute atomic E-state index is 12.0. The molecule has 0 saturated carbocycles. The molecule has 0 aromatic heterocycles. The highest BCUT2D eigenvalue weighted by atomic mass is 16.5. The summed E-state index contributed by atoms with van der Waals surface area (Å²) in [6.45, 7) is 3.04. The molecule has 1 rings (SSSR count). The predicted molar refractivity (Wildman–Crippen MR) is 80.1 cm³/mol. The van der Waals surface area contributed by atoms with E-state index in [1.54, 1.807) is 7.05 Å². The standard InChI is InChI=1S/C16H23NO4/c1-3-21-11-7-10-15(18)17(2)14(16(19)20)12-13-8-5-4-6-9-13/h4-6,8-9,14H,3,7,10-12H2,1-2H3,(H,19,20). The Morgan fingerprint density at radius 2 is 1.95 bits per heavy atom. The molecule has 0 spiro atoms. The Morgan fingerprint density at radius 1 is 1.29 bits per heavy atom. The molecule has 116 valence electrons. The summed E-state index contributed by atoms with van der Waals surface area (Å²) in [4.78, 5) is 24.8. The smallest absolute Gasteiger partial charge is 0.326 e. The minimum atomic E-state index is -0.987. The molecule has 0 heterocycles. The van der Waals surface area contributed by atoms with E-state index in [9.17, 15) is 14.7 Å². The molecule has 5 heteroatoms. The number of carbonyl (C=O) groups is 2. The van der Waals surface area contributed by atoms with E-state index in [1.165, 1.54) is 4.90 Å². The van der Waals surface area contributed by atoms with Gasteiger partial charge in [0.25, 0.3) is 0 Å². The molecule has 0 bridgehead atoms. The van der Waals surface area contributed by atoms with Gasteiger partial charge in [-0.05, 0) is 18.9 Å². The first-order valence-corrected chi connectivity index (χ1v) is 7.16. The number of carbonyl (C=O) groups excluding carboxylic acids is 1. The van der Waals surface area contributed by atoms with Crippen LogP contribution in [0.2, 0.25) is 0 Å². The number of benzene rings is 1. The van der Waals surface area contributed by atoms with Crippen LogP contribution < -0.4 is 0 Å². The number of carboxylic acid groups (broad SMARTS) is 1. The first kappa shape index (κ1) is 17.2. The van der Waals surface area contributed by atoms with Crippen molar-refractivity contribution in [2.45, 2.75) is 32.2 Å². The first-order chi connectivity index (χ1) is 10.1. The lowest BCUT2D eigenvalue weighted by Crippen LogP contribution is -2.43. The second-order valence-electron chi connectivity index (χ2n) is 4.85. The van der Waals surface area contributed by atoms with Gasteiger partial charge < -0.3 is 14.7 Å². The van der Waals surface area contributed by atoms with E-state index in [0.29, 0.717) is 32.5 Å². The van der Waals surface area contributed by atoms with E-state index in [1.807, 2.05) is 37.3 Å². The van der Waals surface area contributed by atoms with Crippen molar-refractivity contribution in [1.82, 2.24) is 4.90 Å². The average molecular weight is 293 g/mol. The Labute approximate surface area is 125 Å². The summed E-state index contributed by atoms with van der Waals surface area (Å²) in [5.74, 6) is -1.16. The normalized spacial score (nSPS) is 11.9. The van der Waals surface area contributed by atoms with Crippen LogP contribution in [0.1, 0.15) is 25.3 Å². The molecule has 0 aliphatic carbocycles. The number of likely N-dealkylation sites (N-methyl/N-ethyl adjacent to an activating group) is 1. The van der Waals surface area contributed by atoms with Gasteiger partial charge in [0, 0.05) is 33.1 Å². The third kappa shape index (κ3) is 5.95. The van der Waals surface area contributed by atoms with Crippen LogP contribution in [0.3, 0.4) is 0 Å². The lowest BCUT2D eigenvalue weighted by atomic mass is 10.0. The van der Waals surface area contributed by atoms with Gasteiger partial charge in [0.1, 0.15) is 6.04 Å². The van der Waals surface area contributed by atoms with Crippen LogP contribution in [0.5, 0.6) is 0 Å². The number of nitrogens with zero attached hydrogens (tertiary/aromatic N) is 1. The van der Waals surface area contributed by atoms with Crippen LogP contribution >= 0.6 is 0 Å². The van der Waals surface area contributed by atoms with E-state index in [0.717, 1.165) is 5.56 Å². The fourth-order valence-corrected chi connectivity index (χ4v) is 2.05. The molecule has 1 N–H and O–H groups in total. The van der Waals surface area contributed by atoms with E-state index < -0.39 is 12.0 Å². The Hall–Kier alpha value is -1.88. The van der Waals surface area contributed by atoms with Crippen LogP contribution in [0, 0.1) is 0 Å². The van der Waals surface area contributed by atoms with Gasteiger partial charge in [-0.2, -0.15) is 0 Å². The number of aliphatic carboxylic acids is 1. The Bertz CT molecular complexity index is 447. The monoisotopic (exact) mass is 293 g/mol. The average Bonchev–Trinajstić information content (AvgIpc) is 2.49. The number of hydrogen-bond acceptors (Lipinski definition) is 3. The van der Waals surface area contributed by atoms with Crippen molar-refractivity contribution in [3.8, 4) is 0 Å². The molecular formula is C16H23NO4. The lowest BCUT2D eigenvalue weighted by Gasteiger charge is -2.25. The number of hydrogen-bond donors (Lipinski definition) is 1. The zero-order valence-electron chi connectivity index (χ0n) is 12.6. The van der Waals surface area contributed by atoms with Crippen molar-refractivity contribution in [3.63, 3.8) is 0 Å². The Balaban J connectivity index is 2.58. The van der Waals surface area contributed by atoms with Gasteiger partial charge in [-0.1, -0.05) is 30.3 Å². The quantitative estimate of drug-likeness (QED) is 0.707. The second-order valence-corrected chi connectivity index (χ2v) is 4.85. The summed E-state index contributed by atoms with van der Waals surface area (Å²) in [6, 6.07) is 8.48. The van der Waals surface area contributed by atoms with Gasteiger partial charge in [0.15, 0.2) is 0 Å². The number of ether oxygens (including phenoxy) is 1. The molecule has 1 amide bonds. The van der Waals surface area contributed by atoms with Crippen LogP contribution in [0.4, 0.5) is 0 Å². The van der Waals surface area contributed by atoms with Crippen molar-refractivity contribution >= 4 is 11.9 Å². The highest BCUT2D eigenvalue weighted by Crippen LogP contribution is 2.10. The van der Waals surface area contributed by atoms with Gasteiger partial charge in [0.2, 0.25) is 5.91 Å². The number of rotatable bonds is 9. The Kier molecular flexibility index (Phi) is 7.46. The SMILES string of the molecule is CCOCCCC(=O)N(C)C(Cc1ccccc1)C(=O)O. The molecular weight excluding hydrogens is 270 g/mol. The van der Waals surface area contributed by atoms with Crippen molar-refractivity contribution in [1.29, 1.82) is 0 Å². The molecule has 5 nitrogen and oxygen atoms in total. The van der Waals surface area contributed by atoms with Crippen LogP contribution in [-0.4, -0.2) is 48.2 Å². The fraction of sp³-hybridized carbons (Fsp3) is 0.500. The minimum absolute atomic E-state index is 0.168. The van der Waals surface area contributed by atoms with E-state index in [2.05, 4.69) is 0 Å². The highest BCUT2D eigenvalue weighted by Gasteiger charge is 2.26. The fourth-order valence-electron chi connectivity index (χ4n) is 2.05. The zero-order chi connectivity index (χ0) is 15.7. The summed E-state index contributed by atoms with van der Waals surface area (Å²) in [7, 11) is 1.55. The van der Waals surface area contributed by atoms with Gasteiger partial charge in [-0.15, -0.1) is 0 Å². The summed E-state index contributed by atoms with van der Waals surface area (Å²) in [6.07, 6.45) is 1.22. The third-order valence-corrected chi connectivity index (χ3v) is 3.30. The van der Waals surface area contributed by atoms with Gasteiger partial charge in [-0.25, -0.2) is 4.79 Å². The van der Waals surface area contributed by atoms with Crippen LogP contribution in [0.15, 0.2) is 30.3 Å². The second kappa shape index (κ2) is 9.13. The summed E-state index contributed by atoms with van der Waals surface area (Å²) in [5.41, 5.74) is 0.902. The van der Waals surface area contributed by atoms with Crippen molar-refractivity contribution < 1.29 is 19.4 Å². The van der Waals surface area contributed by atoms with Crippen molar-refractivity contribution in [3.05, 3.63) is 35.9 Å². The first-order valence-electron chi connectivity index (χ1n) is 7.16. The minimum Gasteiger partial charge on any atom is -0.480 e. The van der Waals surface area contributed by atoms with Crippen molar-refractivity contribution in [2.24, 2.45) is 0 Å². The van der Waals surface area contributed by atoms with E-state index in [-0.39, 0.29) is 5.91 Å². The molecule has 1 unspecified atom stereocenters. The van der Waals surface area contributed by atoms with Gasteiger partial charge >= 0.3 is 5.97 Å². The van der Waals surface area contributed by atoms with Crippen LogP contribution in [0.25, 0.3) is 0 Å². The van der Waals surface area contributed by atoms with Crippen molar-refractivity contribution in [2.75, 3.05) is 20.3 Å². The molecule has 21 heavy (non-hydrogen) atoms. The zero-order valence-corrected chi connectivity index (χ0v) is 12.6. The molecule has 0 saturated heterocycles. The topological polar surface area (TPSA) is 66.8 Å².